The summed E-state index contributed by atoms with van der Waals surface area (Å²) in [6.07, 6.45) is 2.44. The van der Waals surface area contributed by atoms with Gasteiger partial charge in [0.15, 0.2) is 0 Å². The van der Waals surface area contributed by atoms with Crippen LogP contribution < -0.4 is 15.8 Å². The summed E-state index contributed by atoms with van der Waals surface area (Å²) < 4.78 is 5.86. The molecule has 2 rings (SSSR count). The predicted molar refractivity (Wildman–Crippen MR) is 66.2 cm³/mol. The van der Waals surface area contributed by atoms with Crippen molar-refractivity contribution in [3.8, 4) is 5.75 Å². The third-order valence-corrected chi connectivity index (χ3v) is 3.02. The van der Waals surface area contributed by atoms with Crippen LogP contribution in [0.4, 0.5) is 0 Å². The van der Waals surface area contributed by atoms with Crippen LogP contribution in [0, 0.1) is 6.92 Å². The highest BCUT2D eigenvalue weighted by atomic mass is 16.5. The summed E-state index contributed by atoms with van der Waals surface area (Å²) in [5.74, 6) is 0.412. The molecular weight excluding hydrogens is 216 g/mol. The van der Waals surface area contributed by atoms with E-state index < -0.39 is 5.91 Å². The third kappa shape index (κ3) is 2.97. The van der Waals surface area contributed by atoms with Gasteiger partial charge in [0.1, 0.15) is 11.9 Å². The van der Waals surface area contributed by atoms with Gasteiger partial charge >= 0.3 is 0 Å². The number of carbonyl (C=O) groups is 1. The summed E-state index contributed by atoms with van der Waals surface area (Å²) in [6, 6.07) is 5.40. The second-order valence-corrected chi connectivity index (χ2v) is 4.43. The Morgan fingerprint density at radius 3 is 2.94 bits per heavy atom. The number of hydrogen-bond acceptors (Lipinski definition) is 3. The fourth-order valence-electron chi connectivity index (χ4n) is 2.10. The average molecular weight is 234 g/mol. The van der Waals surface area contributed by atoms with Crippen LogP contribution in [-0.2, 0) is 0 Å². The zero-order valence-electron chi connectivity index (χ0n) is 10.0. The van der Waals surface area contributed by atoms with E-state index in [1.165, 1.54) is 0 Å². The van der Waals surface area contributed by atoms with Crippen molar-refractivity contribution in [1.29, 1.82) is 0 Å². The Morgan fingerprint density at radius 1 is 1.53 bits per heavy atom. The van der Waals surface area contributed by atoms with Crippen molar-refractivity contribution in [3.05, 3.63) is 29.3 Å². The molecular formula is C13H18N2O2. The number of piperidine rings is 1. The van der Waals surface area contributed by atoms with Crippen LogP contribution in [0.2, 0.25) is 0 Å². The molecule has 0 radical (unpaired) electrons. The van der Waals surface area contributed by atoms with Gasteiger partial charge in [0.25, 0.3) is 0 Å². The van der Waals surface area contributed by atoms with Crippen LogP contribution in [0.3, 0.4) is 0 Å². The normalized spacial score (nSPS) is 19.9. The number of rotatable bonds is 3. The van der Waals surface area contributed by atoms with Gasteiger partial charge in [-0.25, -0.2) is 0 Å². The number of nitrogens with two attached hydrogens (primary N) is 1. The van der Waals surface area contributed by atoms with Crippen molar-refractivity contribution in [2.45, 2.75) is 25.9 Å². The highest BCUT2D eigenvalue weighted by Crippen LogP contribution is 2.19. The monoisotopic (exact) mass is 234 g/mol. The van der Waals surface area contributed by atoms with E-state index in [1.807, 2.05) is 19.1 Å². The van der Waals surface area contributed by atoms with E-state index in [2.05, 4.69) is 5.32 Å². The van der Waals surface area contributed by atoms with E-state index in [1.54, 1.807) is 6.07 Å². The number of benzene rings is 1. The molecule has 17 heavy (non-hydrogen) atoms. The lowest BCUT2D eigenvalue weighted by Gasteiger charge is -2.24. The summed E-state index contributed by atoms with van der Waals surface area (Å²) in [4.78, 5) is 11.1. The molecule has 0 aromatic heterocycles. The maximum atomic E-state index is 11.1. The molecule has 92 valence electrons. The average Bonchev–Trinajstić information content (AvgIpc) is 2.30. The highest BCUT2D eigenvalue weighted by molar-refractivity contribution is 5.94. The Labute approximate surface area is 101 Å². The Kier molecular flexibility index (Phi) is 3.64. The van der Waals surface area contributed by atoms with Crippen molar-refractivity contribution in [1.82, 2.24) is 5.32 Å². The van der Waals surface area contributed by atoms with Crippen molar-refractivity contribution in [2.24, 2.45) is 5.73 Å². The van der Waals surface area contributed by atoms with E-state index in [0.717, 1.165) is 37.2 Å². The van der Waals surface area contributed by atoms with Crippen LogP contribution >= 0.6 is 0 Å². The molecule has 1 aliphatic heterocycles. The minimum absolute atomic E-state index is 0.225. The molecule has 0 bridgehead atoms. The summed E-state index contributed by atoms with van der Waals surface area (Å²) in [5, 5.41) is 3.30. The topological polar surface area (TPSA) is 64.3 Å². The maximum Gasteiger partial charge on any atom is 0.248 e. The van der Waals surface area contributed by atoms with E-state index >= 15 is 0 Å². The zero-order chi connectivity index (χ0) is 12.3. The fraction of sp³-hybridized carbons (Fsp3) is 0.462. The highest BCUT2D eigenvalue weighted by Gasteiger charge is 2.15. The van der Waals surface area contributed by atoms with E-state index in [9.17, 15) is 4.79 Å². The Hall–Kier alpha value is -1.55. The van der Waals surface area contributed by atoms with Crippen LogP contribution in [0.15, 0.2) is 18.2 Å². The second-order valence-electron chi connectivity index (χ2n) is 4.43. The lowest BCUT2D eigenvalue weighted by atomic mass is 10.1. The van der Waals surface area contributed by atoms with Crippen LogP contribution in [-0.4, -0.2) is 25.1 Å². The van der Waals surface area contributed by atoms with Gasteiger partial charge in [0, 0.05) is 12.1 Å². The molecule has 4 nitrogen and oxygen atoms in total. The van der Waals surface area contributed by atoms with E-state index in [-0.39, 0.29) is 6.10 Å². The number of ether oxygens (including phenoxy) is 1. The SMILES string of the molecule is Cc1cc(OC2CCCNC2)ccc1C(N)=O. The molecule has 3 N–H and O–H groups in total. The number of carbonyl (C=O) groups excluding carboxylic acids is 1. The van der Waals surface area contributed by atoms with Gasteiger partial charge in [-0.2, -0.15) is 0 Å². The first kappa shape index (κ1) is 11.9. The van der Waals surface area contributed by atoms with Gasteiger partial charge in [-0.1, -0.05) is 0 Å². The number of primary amides is 1. The number of aryl methyl sites for hydroxylation is 1. The number of hydrogen-bond donors (Lipinski definition) is 2. The summed E-state index contributed by atoms with van der Waals surface area (Å²) in [7, 11) is 0. The molecule has 1 saturated heterocycles. The van der Waals surface area contributed by atoms with Crippen LogP contribution in [0.1, 0.15) is 28.8 Å². The van der Waals surface area contributed by atoms with Gasteiger partial charge in [0.05, 0.1) is 0 Å². The van der Waals surface area contributed by atoms with Gasteiger partial charge in [0.2, 0.25) is 5.91 Å². The predicted octanol–water partition coefficient (Wildman–Crippen LogP) is 1.22. The lowest BCUT2D eigenvalue weighted by molar-refractivity contribution is 0.0999. The van der Waals surface area contributed by atoms with Crippen LogP contribution in [0.5, 0.6) is 5.75 Å². The number of amides is 1. The molecule has 1 aliphatic rings. The first-order valence-electron chi connectivity index (χ1n) is 5.94. The van der Waals surface area contributed by atoms with Crippen molar-refractivity contribution in [3.63, 3.8) is 0 Å². The molecule has 1 fully saturated rings. The smallest absolute Gasteiger partial charge is 0.248 e. The second kappa shape index (κ2) is 5.19. The van der Waals surface area contributed by atoms with Crippen LogP contribution in [0.25, 0.3) is 0 Å². The van der Waals surface area contributed by atoms with Gasteiger partial charge < -0.3 is 15.8 Å². The molecule has 1 aromatic carbocycles. The molecule has 4 heteroatoms. The molecule has 0 saturated carbocycles. The first-order valence-corrected chi connectivity index (χ1v) is 5.94. The first-order chi connectivity index (χ1) is 8.16. The van der Waals surface area contributed by atoms with E-state index in [0.29, 0.717) is 5.56 Å². The standard InChI is InChI=1S/C13H18N2O2/c1-9-7-10(4-5-12(9)13(14)16)17-11-3-2-6-15-8-11/h4-5,7,11,15H,2-3,6,8H2,1H3,(H2,14,16). The molecule has 1 aromatic rings. The maximum absolute atomic E-state index is 11.1. The van der Waals surface area contributed by atoms with Crippen molar-refractivity contribution >= 4 is 5.91 Å². The summed E-state index contributed by atoms with van der Waals surface area (Å²) in [6.45, 7) is 3.82. The minimum Gasteiger partial charge on any atom is -0.489 e. The quantitative estimate of drug-likeness (QED) is 0.826. The van der Waals surface area contributed by atoms with Gasteiger partial charge in [-0.15, -0.1) is 0 Å². The molecule has 1 amide bonds. The van der Waals surface area contributed by atoms with E-state index in [4.69, 9.17) is 10.5 Å². The molecule has 0 aliphatic carbocycles. The largest absolute Gasteiger partial charge is 0.489 e. The zero-order valence-corrected chi connectivity index (χ0v) is 10.0. The van der Waals surface area contributed by atoms with Gasteiger partial charge in [-0.05, 0) is 50.1 Å². The summed E-state index contributed by atoms with van der Waals surface area (Å²) >= 11 is 0. The molecule has 1 heterocycles. The number of nitrogens with one attached hydrogen (secondary N) is 1. The van der Waals surface area contributed by atoms with Crippen molar-refractivity contribution in [2.75, 3.05) is 13.1 Å². The molecule has 1 atom stereocenters. The molecule has 0 spiro atoms. The summed E-state index contributed by atoms with van der Waals surface area (Å²) in [5.41, 5.74) is 6.67. The Bertz CT molecular complexity index is 412. The lowest BCUT2D eigenvalue weighted by Crippen LogP contribution is -2.37. The Morgan fingerprint density at radius 2 is 2.35 bits per heavy atom. The molecule has 1 unspecified atom stereocenters. The third-order valence-electron chi connectivity index (χ3n) is 3.02. The van der Waals surface area contributed by atoms with Gasteiger partial charge in [-0.3, -0.25) is 4.79 Å². The minimum atomic E-state index is -0.395. The fourth-order valence-corrected chi connectivity index (χ4v) is 2.10. The Balaban J connectivity index is 2.06. The van der Waals surface area contributed by atoms with Crippen molar-refractivity contribution < 1.29 is 9.53 Å².